The first-order valence-electron chi connectivity index (χ1n) is 14.4. The standard InChI is InChI=1S/C19H29N5.C15H14O/c1-20-14-8-7-9-15(13-12-14)21-19-22-17-11-6-4-5-10-16(17)18(23-19)24(2)3;1-12-5-8-15(9-6-12)14-4-2-3-13(11-16)7-10-14/h4-5,10-11,14-15,20H,6-9,12-13H2,1-3H3,(H,21,22);2-3,5-11H,4H2,1H3/t14-,15?;/m1./s1. The van der Waals surface area contributed by atoms with E-state index in [0.29, 0.717) is 12.1 Å². The molecule has 2 N–H and O–H groups in total. The molecule has 3 aliphatic rings. The molecule has 2 aromatic rings. The Morgan fingerprint density at radius 2 is 1.73 bits per heavy atom. The van der Waals surface area contributed by atoms with Crippen LogP contribution >= 0.6 is 0 Å². The molecular formula is C34H43N5O. The lowest BCUT2D eigenvalue weighted by Crippen LogP contribution is -2.36. The quantitative estimate of drug-likeness (QED) is 0.405. The molecule has 40 heavy (non-hydrogen) atoms. The van der Waals surface area contributed by atoms with Crippen molar-refractivity contribution >= 4 is 35.8 Å². The summed E-state index contributed by atoms with van der Waals surface area (Å²) in [5.41, 5.74) is 4.45. The molecule has 1 unspecified atom stereocenters. The van der Waals surface area contributed by atoms with Gasteiger partial charge >= 0.3 is 0 Å². The molecule has 0 saturated heterocycles. The molecular weight excluding hydrogens is 494 g/mol. The molecule has 210 valence electrons. The lowest BCUT2D eigenvalue weighted by atomic mass is 10.0. The second kappa shape index (κ2) is 14.6. The van der Waals surface area contributed by atoms with Crippen molar-refractivity contribution < 1.29 is 4.79 Å². The van der Waals surface area contributed by atoms with Gasteiger partial charge in [-0.3, -0.25) is 4.79 Å². The second-order valence-electron chi connectivity index (χ2n) is 10.9. The highest BCUT2D eigenvalue weighted by Crippen LogP contribution is 2.22. The van der Waals surface area contributed by atoms with Crippen LogP contribution in [-0.2, 0) is 4.79 Å². The third-order valence-electron chi connectivity index (χ3n) is 7.62. The maximum absolute atomic E-state index is 10.7. The van der Waals surface area contributed by atoms with E-state index < -0.39 is 0 Å². The van der Waals surface area contributed by atoms with Crippen molar-refractivity contribution in [1.82, 2.24) is 15.3 Å². The number of aromatic nitrogens is 2. The van der Waals surface area contributed by atoms with Crippen molar-refractivity contribution in [3.05, 3.63) is 88.0 Å². The van der Waals surface area contributed by atoms with Gasteiger partial charge in [0.2, 0.25) is 5.95 Å². The zero-order chi connectivity index (χ0) is 28.3. The number of carbonyl (C=O) groups is 1. The largest absolute Gasteiger partial charge is 0.362 e. The van der Waals surface area contributed by atoms with Gasteiger partial charge < -0.3 is 15.5 Å². The minimum Gasteiger partial charge on any atom is -0.362 e. The van der Waals surface area contributed by atoms with Crippen LogP contribution in [0.5, 0.6) is 0 Å². The summed E-state index contributed by atoms with van der Waals surface area (Å²) in [7, 11) is 6.15. The average molecular weight is 538 g/mol. The van der Waals surface area contributed by atoms with Gasteiger partial charge in [0.15, 0.2) is 0 Å². The molecule has 0 bridgehead atoms. The van der Waals surface area contributed by atoms with Crippen LogP contribution in [0.4, 0.5) is 11.8 Å². The van der Waals surface area contributed by atoms with Crippen LogP contribution in [-0.4, -0.2) is 49.5 Å². The van der Waals surface area contributed by atoms with E-state index in [4.69, 9.17) is 9.97 Å². The monoisotopic (exact) mass is 537 g/mol. The fourth-order valence-corrected chi connectivity index (χ4v) is 5.24. The summed E-state index contributed by atoms with van der Waals surface area (Å²) < 4.78 is 0. The van der Waals surface area contributed by atoms with Crippen molar-refractivity contribution in [2.24, 2.45) is 0 Å². The van der Waals surface area contributed by atoms with Crippen LogP contribution in [0.1, 0.15) is 56.1 Å². The van der Waals surface area contributed by atoms with Crippen molar-refractivity contribution in [2.75, 3.05) is 31.4 Å². The van der Waals surface area contributed by atoms with Crippen molar-refractivity contribution in [2.45, 2.75) is 64.0 Å². The van der Waals surface area contributed by atoms with Gasteiger partial charge in [0.1, 0.15) is 12.1 Å². The summed E-state index contributed by atoms with van der Waals surface area (Å²) in [6.45, 7) is 2.08. The number of benzene rings is 1. The maximum Gasteiger partial charge on any atom is 0.225 e. The van der Waals surface area contributed by atoms with Crippen molar-refractivity contribution in [3.8, 4) is 0 Å². The molecule has 1 saturated carbocycles. The molecule has 6 heteroatoms. The second-order valence-corrected chi connectivity index (χ2v) is 10.9. The minimum absolute atomic E-state index is 0.462. The van der Waals surface area contributed by atoms with Crippen molar-refractivity contribution in [3.63, 3.8) is 0 Å². The van der Waals surface area contributed by atoms with Gasteiger partial charge in [-0.2, -0.15) is 4.98 Å². The number of hydrogen-bond acceptors (Lipinski definition) is 6. The Balaban J connectivity index is 0.000000201. The van der Waals surface area contributed by atoms with Gasteiger partial charge in [0.05, 0.1) is 5.35 Å². The third-order valence-corrected chi connectivity index (χ3v) is 7.62. The first kappa shape index (κ1) is 29.2. The molecule has 0 radical (unpaired) electrons. The van der Waals surface area contributed by atoms with E-state index >= 15 is 0 Å². The summed E-state index contributed by atoms with van der Waals surface area (Å²) in [5.74, 6) is 1.74. The third kappa shape index (κ3) is 8.12. The lowest BCUT2D eigenvalue weighted by molar-refractivity contribution is -0.104. The Morgan fingerprint density at radius 3 is 2.48 bits per heavy atom. The highest BCUT2D eigenvalue weighted by Gasteiger charge is 2.19. The summed E-state index contributed by atoms with van der Waals surface area (Å²) in [4.78, 5) is 22.3. The number of hydrogen-bond donors (Lipinski definition) is 2. The zero-order valence-electron chi connectivity index (χ0n) is 24.4. The molecule has 0 amide bonds. The fourth-order valence-electron chi connectivity index (χ4n) is 5.24. The van der Waals surface area contributed by atoms with Gasteiger partial charge in [-0.05, 0) is 76.1 Å². The zero-order valence-corrected chi connectivity index (χ0v) is 24.4. The highest BCUT2D eigenvalue weighted by atomic mass is 16.1. The number of rotatable bonds is 6. The summed E-state index contributed by atoms with van der Waals surface area (Å²) in [6.07, 6.45) is 25.1. The fraction of sp³-hybridized carbons (Fsp3) is 0.382. The van der Waals surface area contributed by atoms with Crippen LogP contribution in [0.3, 0.4) is 0 Å². The average Bonchev–Trinajstić information content (AvgIpc) is 3.45. The number of aldehydes is 1. The highest BCUT2D eigenvalue weighted by molar-refractivity contribution is 5.81. The molecule has 1 heterocycles. The molecule has 1 aromatic carbocycles. The summed E-state index contributed by atoms with van der Waals surface area (Å²) >= 11 is 0. The van der Waals surface area contributed by atoms with E-state index in [1.165, 1.54) is 48.8 Å². The van der Waals surface area contributed by atoms with Crippen LogP contribution in [0.25, 0.3) is 17.7 Å². The Hall–Kier alpha value is -3.77. The molecule has 0 aliphatic heterocycles. The molecule has 1 fully saturated rings. The summed E-state index contributed by atoms with van der Waals surface area (Å²) in [6, 6.07) is 9.56. The van der Waals surface area contributed by atoms with E-state index in [2.05, 4.69) is 78.1 Å². The molecule has 6 nitrogen and oxygen atoms in total. The smallest absolute Gasteiger partial charge is 0.225 e. The SMILES string of the molecule is CN[C@@H]1CCCC(Nc2nc(N(C)C)c3c(n2)=CCC=CC=3)CC1.Cc1ccc(C2=CC=C(C=O)C=CC2)cc1. The Morgan fingerprint density at radius 1 is 0.950 bits per heavy atom. The van der Waals surface area contributed by atoms with Crippen LogP contribution < -0.4 is 26.1 Å². The number of fused-ring (bicyclic) bond motifs is 1. The van der Waals surface area contributed by atoms with E-state index in [1.807, 2.05) is 38.4 Å². The first-order valence-corrected chi connectivity index (χ1v) is 14.4. The van der Waals surface area contributed by atoms with Crippen LogP contribution in [0.15, 0.2) is 66.3 Å². The Bertz CT molecular complexity index is 1400. The van der Waals surface area contributed by atoms with Gasteiger partial charge in [0.25, 0.3) is 0 Å². The molecule has 5 rings (SSSR count). The predicted octanol–water partition coefficient (Wildman–Crippen LogP) is 4.86. The molecule has 2 atom stereocenters. The number of carbonyl (C=O) groups excluding carboxylic acids is 1. The van der Waals surface area contributed by atoms with E-state index in [-0.39, 0.29) is 0 Å². The number of aryl methyl sites for hydroxylation is 1. The van der Waals surface area contributed by atoms with E-state index in [1.54, 1.807) is 0 Å². The Labute approximate surface area is 239 Å². The van der Waals surface area contributed by atoms with E-state index in [9.17, 15) is 4.79 Å². The van der Waals surface area contributed by atoms with Gasteiger partial charge in [-0.15, -0.1) is 0 Å². The van der Waals surface area contributed by atoms with Gasteiger partial charge in [-0.1, -0.05) is 72.4 Å². The number of anilines is 2. The van der Waals surface area contributed by atoms with Gasteiger partial charge in [0, 0.05) is 37.0 Å². The first-order chi connectivity index (χ1) is 19.5. The minimum atomic E-state index is 0.462. The lowest BCUT2D eigenvalue weighted by Gasteiger charge is -2.19. The van der Waals surface area contributed by atoms with Crippen LogP contribution in [0, 0.1) is 6.92 Å². The molecule has 1 aromatic heterocycles. The predicted molar refractivity (Wildman–Crippen MR) is 169 cm³/mol. The number of nitrogens with one attached hydrogen (secondary N) is 2. The maximum atomic E-state index is 10.7. The number of allylic oxidation sites excluding steroid dienone is 8. The molecule has 3 aliphatic carbocycles. The van der Waals surface area contributed by atoms with Crippen LogP contribution in [0.2, 0.25) is 0 Å². The molecule has 0 spiro atoms. The normalized spacial score (nSPS) is 20.0. The van der Waals surface area contributed by atoms with E-state index in [0.717, 1.165) is 47.0 Å². The summed E-state index contributed by atoms with van der Waals surface area (Å²) in [5, 5.41) is 9.16. The number of nitrogens with zero attached hydrogens (tertiary/aromatic N) is 3. The topological polar surface area (TPSA) is 70.2 Å². The van der Waals surface area contributed by atoms with Gasteiger partial charge in [-0.25, -0.2) is 4.98 Å². The van der Waals surface area contributed by atoms with Crippen molar-refractivity contribution in [1.29, 1.82) is 0 Å². The Kier molecular flexibility index (Phi) is 10.6.